The summed E-state index contributed by atoms with van der Waals surface area (Å²) in [6, 6.07) is 17.5. The average molecular weight is 752 g/mol. The van der Waals surface area contributed by atoms with Crippen LogP contribution in [0.25, 0.3) is 0 Å². The van der Waals surface area contributed by atoms with Crippen molar-refractivity contribution in [3.63, 3.8) is 0 Å². The van der Waals surface area contributed by atoms with Gasteiger partial charge < -0.3 is 25.2 Å². The quantitative estimate of drug-likeness (QED) is 0.155. The molecule has 3 aliphatic rings. The summed E-state index contributed by atoms with van der Waals surface area (Å²) in [6.07, 6.45) is -2.54. The van der Waals surface area contributed by atoms with Crippen molar-refractivity contribution in [2.24, 2.45) is 11.8 Å². The Labute approximate surface area is 306 Å². The Morgan fingerprint density at radius 2 is 1.55 bits per heavy atom. The summed E-state index contributed by atoms with van der Waals surface area (Å²) in [5.41, 5.74) is 2.47. The lowest BCUT2D eigenvalue weighted by molar-refractivity contribution is -0.154. The number of fused-ring (bicyclic) bond motifs is 1. The Hall–Kier alpha value is -5.31. The van der Waals surface area contributed by atoms with Crippen molar-refractivity contribution in [2.45, 2.75) is 37.8 Å². The van der Waals surface area contributed by atoms with Gasteiger partial charge in [0.25, 0.3) is 5.91 Å². The Morgan fingerprint density at radius 1 is 0.887 bits per heavy atom. The molecule has 3 fully saturated rings. The van der Waals surface area contributed by atoms with E-state index in [0.29, 0.717) is 54.4 Å². The number of hydrogen-bond donors (Lipinski definition) is 2. The van der Waals surface area contributed by atoms with Gasteiger partial charge in [-0.25, -0.2) is 4.39 Å². The molecule has 3 aromatic carbocycles. The fourth-order valence-electron chi connectivity index (χ4n) is 7.04. The van der Waals surface area contributed by atoms with Gasteiger partial charge in [-0.15, -0.1) is 0 Å². The van der Waals surface area contributed by atoms with E-state index in [-0.39, 0.29) is 40.6 Å². The number of rotatable bonds is 9. The summed E-state index contributed by atoms with van der Waals surface area (Å²) < 4.78 is 57.6. The number of nitrogens with zero attached hydrogens (tertiary/aromatic N) is 5. The Kier molecular flexibility index (Phi) is 9.70. The first-order chi connectivity index (χ1) is 25.2. The van der Waals surface area contributed by atoms with Crippen LogP contribution in [0.15, 0.2) is 66.7 Å². The smallest absolute Gasteiger partial charge is 0.422 e. The molecule has 3 heterocycles. The number of amides is 3. The summed E-state index contributed by atoms with van der Waals surface area (Å²) in [7, 11) is 0. The van der Waals surface area contributed by atoms with Crippen LogP contribution in [-0.2, 0) is 21.4 Å². The van der Waals surface area contributed by atoms with Gasteiger partial charge in [-0.3, -0.25) is 14.4 Å². The SMILES string of the molecule is Cc1cc(F)cc(NC(=O)C(=O)N2CC3CN(C(=O)c4ccc(Nc5nc(CC6(c7ccc(Cl)cc7)CC6)nc(OCC(F)(F)F)n5)cc4)CC3C2)c1. The summed E-state index contributed by atoms with van der Waals surface area (Å²) >= 11 is 6.06. The lowest BCUT2D eigenvalue weighted by Crippen LogP contribution is -2.40. The Balaban J connectivity index is 0.970. The van der Waals surface area contributed by atoms with Crippen molar-refractivity contribution in [3.05, 3.63) is 100 Å². The summed E-state index contributed by atoms with van der Waals surface area (Å²) in [6.45, 7) is 1.56. The lowest BCUT2D eigenvalue weighted by Gasteiger charge is -2.22. The Bertz CT molecular complexity index is 2010. The van der Waals surface area contributed by atoms with Crippen molar-refractivity contribution >= 4 is 46.6 Å². The minimum absolute atomic E-state index is 0.00526. The van der Waals surface area contributed by atoms with E-state index in [9.17, 15) is 31.9 Å². The number of hydrogen-bond acceptors (Lipinski definition) is 8. The molecule has 2 N–H and O–H groups in total. The van der Waals surface area contributed by atoms with E-state index in [0.717, 1.165) is 24.5 Å². The third-order valence-corrected chi connectivity index (χ3v) is 10.0. The molecular weight excluding hydrogens is 718 g/mol. The highest BCUT2D eigenvalue weighted by Crippen LogP contribution is 2.50. The van der Waals surface area contributed by atoms with Gasteiger partial charge in [0.05, 0.1) is 0 Å². The molecule has 0 spiro atoms. The second-order valence-electron chi connectivity index (χ2n) is 13.8. The topological polar surface area (TPSA) is 130 Å². The molecule has 7 rings (SSSR count). The van der Waals surface area contributed by atoms with Crippen molar-refractivity contribution in [1.29, 1.82) is 0 Å². The highest BCUT2D eigenvalue weighted by Gasteiger charge is 2.46. The van der Waals surface area contributed by atoms with Crippen LogP contribution in [0.2, 0.25) is 5.02 Å². The second kappa shape index (κ2) is 14.3. The van der Waals surface area contributed by atoms with Gasteiger partial charge in [-0.1, -0.05) is 23.7 Å². The standard InChI is InChI=1S/C37H34ClF4N7O4/c1-21-12-27(39)14-29(13-21)43-31(50)33(52)49-18-23-16-48(17-24(23)19-49)32(51)22-2-8-28(9-3-22)44-34-45-30(46-35(47-34)53-20-37(40,41)42)15-36(10-11-36)25-4-6-26(38)7-5-25/h2-9,12-14,23-24H,10-11,15-20H2,1H3,(H,43,50)(H,44,45,46,47). The van der Waals surface area contributed by atoms with Crippen molar-refractivity contribution in [1.82, 2.24) is 24.8 Å². The van der Waals surface area contributed by atoms with E-state index in [1.54, 1.807) is 54.3 Å². The van der Waals surface area contributed by atoms with Crippen LogP contribution in [-0.4, -0.2) is 81.4 Å². The number of carbonyl (C=O) groups is 3. The zero-order chi connectivity index (χ0) is 37.5. The van der Waals surface area contributed by atoms with Crippen LogP contribution in [0, 0.1) is 24.6 Å². The molecule has 2 aliphatic heterocycles. The fraction of sp³-hybridized carbons (Fsp3) is 0.351. The van der Waals surface area contributed by atoms with Crippen molar-refractivity contribution < 1.29 is 36.7 Å². The highest BCUT2D eigenvalue weighted by molar-refractivity contribution is 6.39. The number of aryl methyl sites for hydroxylation is 1. The molecule has 0 radical (unpaired) electrons. The van der Waals surface area contributed by atoms with Gasteiger partial charge in [0.15, 0.2) is 6.61 Å². The number of halogens is 5. The first-order valence-corrected chi connectivity index (χ1v) is 17.3. The molecule has 0 bridgehead atoms. The number of benzene rings is 3. The molecule has 11 nitrogen and oxygen atoms in total. The van der Waals surface area contributed by atoms with Crippen molar-refractivity contribution in [2.75, 3.05) is 43.4 Å². The van der Waals surface area contributed by atoms with E-state index in [4.69, 9.17) is 16.3 Å². The van der Waals surface area contributed by atoms with Crippen LogP contribution in [0.5, 0.6) is 6.01 Å². The number of alkyl halides is 3. The average Bonchev–Trinajstić information content (AvgIpc) is 3.59. The molecule has 1 aromatic heterocycles. The number of carbonyl (C=O) groups excluding carboxylic acids is 3. The van der Waals surface area contributed by atoms with E-state index >= 15 is 0 Å². The zero-order valence-electron chi connectivity index (χ0n) is 28.4. The third kappa shape index (κ3) is 8.51. The molecule has 1 saturated carbocycles. The molecule has 16 heteroatoms. The second-order valence-corrected chi connectivity index (χ2v) is 14.3. The number of likely N-dealkylation sites (tertiary alicyclic amines) is 2. The third-order valence-electron chi connectivity index (χ3n) is 9.78. The molecule has 4 aromatic rings. The fourth-order valence-corrected chi connectivity index (χ4v) is 7.16. The van der Waals surface area contributed by atoms with E-state index in [1.807, 2.05) is 12.1 Å². The molecule has 3 amide bonds. The summed E-state index contributed by atoms with van der Waals surface area (Å²) in [5, 5.41) is 6.06. The van der Waals surface area contributed by atoms with Gasteiger partial charge in [0, 0.05) is 71.8 Å². The van der Waals surface area contributed by atoms with E-state index < -0.39 is 36.4 Å². The predicted octanol–water partition coefficient (Wildman–Crippen LogP) is 6.10. The molecule has 2 saturated heterocycles. The normalized spacial score (nSPS) is 18.8. The maximum atomic E-state index is 13.7. The molecule has 2 unspecified atom stereocenters. The molecule has 2 atom stereocenters. The minimum Gasteiger partial charge on any atom is -0.454 e. The van der Waals surface area contributed by atoms with Gasteiger partial charge in [-0.2, -0.15) is 28.1 Å². The van der Waals surface area contributed by atoms with Gasteiger partial charge in [0.1, 0.15) is 11.6 Å². The summed E-state index contributed by atoms with van der Waals surface area (Å²) in [5.74, 6) is -2.03. The number of aromatic nitrogens is 3. The van der Waals surface area contributed by atoms with Gasteiger partial charge in [0.2, 0.25) is 5.95 Å². The van der Waals surface area contributed by atoms with Crippen LogP contribution in [0.4, 0.5) is 34.9 Å². The monoisotopic (exact) mass is 751 g/mol. The first-order valence-electron chi connectivity index (χ1n) is 17.0. The lowest BCUT2D eigenvalue weighted by atomic mass is 9.92. The number of anilines is 3. The molecule has 276 valence electrons. The van der Waals surface area contributed by atoms with Gasteiger partial charge >= 0.3 is 24.0 Å². The molecular formula is C37H34ClF4N7O4. The van der Waals surface area contributed by atoms with Crippen LogP contribution in [0.1, 0.15) is 40.2 Å². The largest absolute Gasteiger partial charge is 0.454 e. The van der Waals surface area contributed by atoms with E-state index in [1.165, 1.54) is 11.0 Å². The summed E-state index contributed by atoms with van der Waals surface area (Å²) in [4.78, 5) is 54.8. The number of ether oxygens (including phenoxy) is 1. The maximum absolute atomic E-state index is 13.7. The Morgan fingerprint density at radius 3 is 2.17 bits per heavy atom. The maximum Gasteiger partial charge on any atom is 0.422 e. The van der Waals surface area contributed by atoms with Crippen molar-refractivity contribution in [3.8, 4) is 6.01 Å². The minimum atomic E-state index is -4.59. The van der Waals surface area contributed by atoms with Crippen LogP contribution >= 0.6 is 11.6 Å². The number of nitrogens with one attached hydrogen (secondary N) is 2. The van der Waals surface area contributed by atoms with Gasteiger partial charge in [-0.05, 0) is 85.5 Å². The van der Waals surface area contributed by atoms with Crippen LogP contribution < -0.4 is 15.4 Å². The molecule has 1 aliphatic carbocycles. The van der Waals surface area contributed by atoms with Crippen LogP contribution in [0.3, 0.4) is 0 Å². The molecule has 53 heavy (non-hydrogen) atoms. The first kappa shape index (κ1) is 36.1. The van der Waals surface area contributed by atoms with E-state index in [2.05, 4.69) is 25.6 Å². The highest BCUT2D eigenvalue weighted by atomic mass is 35.5. The predicted molar refractivity (Wildman–Crippen MR) is 186 cm³/mol. The zero-order valence-corrected chi connectivity index (χ0v) is 29.2.